The van der Waals surface area contributed by atoms with E-state index < -0.39 is 15.4 Å². The fourth-order valence-corrected chi connectivity index (χ4v) is 6.05. The van der Waals surface area contributed by atoms with Crippen molar-refractivity contribution < 1.29 is 22.6 Å². The van der Waals surface area contributed by atoms with Crippen molar-refractivity contribution in [3.8, 4) is 11.6 Å². The summed E-state index contributed by atoms with van der Waals surface area (Å²) in [5.74, 6) is 1.60. The molecule has 0 aromatic carbocycles. The minimum atomic E-state index is -2.90. The average Bonchev–Trinajstić information content (AvgIpc) is 3.36. The molecule has 0 spiro atoms. The van der Waals surface area contributed by atoms with Crippen molar-refractivity contribution in [2.24, 2.45) is 5.92 Å². The van der Waals surface area contributed by atoms with Crippen LogP contribution in [0.2, 0.25) is 5.15 Å². The fraction of sp³-hybridized carbons (Fsp3) is 0.455. The lowest BCUT2D eigenvalue weighted by Gasteiger charge is -2.28. The van der Waals surface area contributed by atoms with E-state index in [0.29, 0.717) is 48.7 Å². The Balaban J connectivity index is 1.57. The van der Waals surface area contributed by atoms with E-state index in [4.69, 9.17) is 30.8 Å². The Morgan fingerprint density at radius 1 is 1.31 bits per heavy atom. The predicted octanol–water partition coefficient (Wildman–Crippen LogP) is 3.07. The van der Waals surface area contributed by atoms with Crippen LogP contribution in [0.5, 0.6) is 5.75 Å². The highest BCUT2D eigenvalue weighted by Gasteiger charge is 2.39. The third kappa shape index (κ3) is 3.87. The van der Waals surface area contributed by atoms with Crippen LogP contribution in [-0.4, -0.2) is 61.4 Å². The van der Waals surface area contributed by atoms with Crippen LogP contribution in [-0.2, 0) is 24.9 Å². The van der Waals surface area contributed by atoms with Crippen molar-refractivity contribution in [1.82, 2.24) is 14.5 Å². The smallest absolute Gasteiger partial charge is 0.151 e. The number of halogens is 1. The molecule has 32 heavy (non-hydrogen) atoms. The average molecular weight is 478 g/mol. The molecule has 0 N–H and O–H groups in total. The van der Waals surface area contributed by atoms with Crippen molar-refractivity contribution in [1.29, 1.82) is 0 Å². The zero-order valence-electron chi connectivity index (χ0n) is 17.9. The predicted molar refractivity (Wildman–Crippen MR) is 120 cm³/mol. The van der Waals surface area contributed by atoms with E-state index in [1.165, 1.54) is 0 Å². The van der Waals surface area contributed by atoms with Crippen molar-refractivity contribution in [2.45, 2.75) is 18.9 Å². The van der Waals surface area contributed by atoms with Gasteiger partial charge in [-0.1, -0.05) is 11.6 Å². The first kappa shape index (κ1) is 21.6. The highest BCUT2D eigenvalue weighted by molar-refractivity contribution is 7.92. The Morgan fingerprint density at radius 2 is 2.12 bits per heavy atom. The third-order valence-corrected chi connectivity index (χ3v) is 8.36. The summed E-state index contributed by atoms with van der Waals surface area (Å²) in [6, 6.07) is 5.52. The molecule has 2 aliphatic rings. The van der Waals surface area contributed by atoms with Crippen LogP contribution in [0.4, 0.5) is 0 Å². The molecular formula is C22H24ClN3O5S. The highest BCUT2D eigenvalue weighted by atomic mass is 35.5. The standard InChI is InChI=1S/C22H24ClN3O5S/c1-14-9-26(18-7-20(23)24-8-17(14)18)21-6-16(31-10-15-11-32(27,28)12-15)5-19(25-21)22(29-2)3-4-30-13-22/h5-9,15H,3-4,10-13H2,1-2H3/t22-/m1/s1. The lowest BCUT2D eigenvalue weighted by molar-refractivity contribution is -0.0247. The molecule has 5 heterocycles. The van der Waals surface area contributed by atoms with E-state index in [9.17, 15) is 8.42 Å². The van der Waals surface area contributed by atoms with Crippen LogP contribution in [0.25, 0.3) is 16.7 Å². The van der Waals surface area contributed by atoms with Crippen molar-refractivity contribution in [2.75, 3.05) is 38.4 Å². The topological polar surface area (TPSA) is 92.5 Å². The number of aryl methyl sites for hydroxylation is 1. The maximum Gasteiger partial charge on any atom is 0.151 e. The third-order valence-electron chi connectivity index (χ3n) is 6.20. The van der Waals surface area contributed by atoms with E-state index in [-0.39, 0.29) is 17.4 Å². The summed E-state index contributed by atoms with van der Waals surface area (Å²) in [6.45, 7) is 3.33. The normalized spacial score (nSPS) is 22.8. The van der Waals surface area contributed by atoms with Gasteiger partial charge in [-0.15, -0.1) is 0 Å². The van der Waals surface area contributed by atoms with Crippen molar-refractivity contribution in [3.63, 3.8) is 0 Å². The summed E-state index contributed by atoms with van der Waals surface area (Å²) in [6.07, 6.45) is 4.42. The number of sulfone groups is 1. The second-order valence-electron chi connectivity index (χ2n) is 8.51. The molecule has 0 bridgehead atoms. The van der Waals surface area contributed by atoms with Gasteiger partial charge in [0.25, 0.3) is 0 Å². The van der Waals surface area contributed by atoms with Crippen molar-refractivity contribution >= 4 is 32.3 Å². The lowest BCUT2D eigenvalue weighted by Crippen LogP contribution is -2.40. The summed E-state index contributed by atoms with van der Waals surface area (Å²) >= 11 is 6.17. The molecule has 0 radical (unpaired) electrons. The van der Waals surface area contributed by atoms with E-state index in [2.05, 4.69) is 4.98 Å². The van der Waals surface area contributed by atoms with Crippen LogP contribution in [0.3, 0.4) is 0 Å². The molecule has 2 aliphatic heterocycles. The number of nitrogens with zero attached hydrogens (tertiary/aromatic N) is 3. The van der Waals surface area contributed by atoms with Gasteiger partial charge in [0.15, 0.2) is 9.84 Å². The maximum absolute atomic E-state index is 11.5. The summed E-state index contributed by atoms with van der Waals surface area (Å²) in [5.41, 5.74) is 1.98. The molecule has 0 amide bonds. The molecular weight excluding hydrogens is 454 g/mol. The molecule has 2 fully saturated rings. The molecule has 8 nitrogen and oxygen atoms in total. The molecule has 3 aromatic rings. The molecule has 10 heteroatoms. The Labute approximate surface area is 191 Å². The number of rotatable bonds is 6. The molecule has 1 atom stereocenters. The van der Waals surface area contributed by atoms with Gasteiger partial charge >= 0.3 is 0 Å². The van der Waals surface area contributed by atoms with Gasteiger partial charge in [0.05, 0.1) is 35.9 Å². The summed E-state index contributed by atoms with van der Waals surface area (Å²) in [4.78, 5) is 9.12. The maximum atomic E-state index is 11.5. The van der Waals surface area contributed by atoms with E-state index >= 15 is 0 Å². The van der Waals surface area contributed by atoms with Gasteiger partial charge in [-0.2, -0.15) is 0 Å². The Morgan fingerprint density at radius 3 is 2.81 bits per heavy atom. The van der Waals surface area contributed by atoms with E-state index in [1.807, 2.05) is 35.9 Å². The highest BCUT2D eigenvalue weighted by Crippen LogP contribution is 2.36. The quantitative estimate of drug-likeness (QED) is 0.504. The first-order valence-electron chi connectivity index (χ1n) is 10.4. The van der Waals surface area contributed by atoms with Crippen LogP contribution < -0.4 is 4.74 Å². The number of aromatic nitrogens is 3. The molecule has 170 valence electrons. The van der Waals surface area contributed by atoms with Gasteiger partial charge in [0.2, 0.25) is 0 Å². The number of hydrogen-bond acceptors (Lipinski definition) is 7. The molecule has 3 aromatic heterocycles. The van der Waals surface area contributed by atoms with Crippen LogP contribution >= 0.6 is 11.6 Å². The molecule has 2 saturated heterocycles. The summed E-state index contributed by atoms with van der Waals surface area (Å²) in [5, 5.41) is 1.38. The van der Waals surface area contributed by atoms with Gasteiger partial charge in [0.1, 0.15) is 22.3 Å². The summed E-state index contributed by atoms with van der Waals surface area (Å²) < 4.78 is 42.5. The number of ether oxygens (including phenoxy) is 3. The van der Waals surface area contributed by atoms with Gasteiger partial charge < -0.3 is 18.8 Å². The Bertz CT molecular complexity index is 1270. The Hall–Kier alpha value is -2.20. The van der Waals surface area contributed by atoms with Gasteiger partial charge in [-0.25, -0.2) is 18.4 Å². The Kier molecular flexibility index (Phi) is 5.40. The van der Waals surface area contributed by atoms with Gasteiger partial charge in [-0.3, -0.25) is 0 Å². The number of hydrogen-bond donors (Lipinski definition) is 0. The van der Waals surface area contributed by atoms with E-state index in [0.717, 1.165) is 16.5 Å². The van der Waals surface area contributed by atoms with Gasteiger partial charge in [0, 0.05) is 62.0 Å². The lowest BCUT2D eigenvalue weighted by atomic mass is 9.97. The SMILES string of the molecule is CO[C@]1(c2cc(OCC3CS(=O)(=O)C3)cc(-n3cc(C)c4cnc(Cl)cc43)n2)CCOC1. The summed E-state index contributed by atoms with van der Waals surface area (Å²) in [7, 11) is -1.24. The first-order valence-corrected chi connectivity index (χ1v) is 12.6. The molecule has 5 rings (SSSR count). The van der Waals surface area contributed by atoms with E-state index in [1.54, 1.807) is 13.3 Å². The monoisotopic (exact) mass is 477 g/mol. The van der Waals surface area contributed by atoms with Gasteiger partial charge in [-0.05, 0) is 12.5 Å². The number of methoxy groups -OCH3 is 1. The second kappa shape index (κ2) is 7.98. The molecule has 0 saturated carbocycles. The largest absolute Gasteiger partial charge is 0.493 e. The minimum absolute atomic E-state index is 0.00537. The minimum Gasteiger partial charge on any atom is -0.493 e. The first-order chi connectivity index (χ1) is 15.3. The number of fused-ring (bicyclic) bond motifs is 1. The fourth-order valence-electron chi connectivity index (χ4n) is 4.37. The molecule has 0 unspecified atom stereocenters. The second-order valence-corrected chi connectivity index (χ2v) is 11.0. The van der Waals surface area contributed by atoms with Crippen LogP contribution in [0.15, 0.2) is 30.6 Å². The van der Waals surface area contributed by atoms with Crippen LogP contribution in [0.1, 0.15) is 17.7 Å². The van der Waals surface area contributed by atoms with Crippen molar-refractivity contribution in [3.05, 3.63) is 47.0 Å². The van der Waals surface area contributed by atoms with Crippen LogP contribution in [0, 0.1) is 12.8 Å². The number of pyridine rings is 2. The zero-order valence-corrected chi connectivity index (χ0v) is 19.4. The zero-order chi connectivity index (χ0) is 22.5. The molecule has 0 aliphatic carbocycles.